The number of methoxy groups -OCH3 is 1. The molecule has 3 amide bonds. The van der Waals surface area contributed by atoms with E-state index in [1.807, 2.05) is 24.3 Å². The zero-order valence-corrected chi connectivity index (χ0v) is 17.5. The van der Waals surface area contributed by atoms with Gasteiger partial charge in [-0.25, -0.2) is 0 Å². The molecule has 9 nitrogen and oxygen atoms in total. The van der Waals surface area contributed by atoms with Crippen LogP contribution in [0.2, 0.25) is 0 Å². The van der Waals surface area contributed by atoms with Gasteiger partial charge in [0.2, 0.25) is 29.4 Å². The molecule has 0 radical (unpaired) electrons. The summed E-state index contributed by atoms with van der Waals surface area (Å²) >= 11 is 0. The van der Waals surface area contributed by atoms with Crippen molar-refractivity contribution in [3.05, 3.63) is 42.3 Å². The topological polar surface area (TPSA) is 106 Å². The van der Waals surface area contributed by atoms with Gasteiger partial charge in [-0.15, -0.1) is 0 Å². The molecule has 0 unspecified atom stereocenters. The third-order valence-corrected chi connectivity index (χ3v) is 5.76. The molecule has 2 aromatic rings. The van der Waals surface area contributed by atoms with E-state index in [9.17, 15) is 14.4 Å². The number of rotatable bonds is 7. The molecule has 0 saturated carbocycles. The third kappa shape index (κ3) is 4.21. The smallest absolute Gasteiger partial charge is 0.246 e. The summed E-state index contributed by atoms with van der Waals surface area (Å²) in [4.78, 5) is 44.6. The number of likely N-dealkylation sites (tertiary alicyclic amines) is 1. The number of aromatic nitrogens is 2. The average Bonchev–Trinajstić information content (AvgIpc) is 3.35. The summed E-state index contributed by atoms with van der Waals surface area (Å²) < 4.78 is 10.4. The van der Waals surface area contributed by atoms with E-state index in [1.165, 1.54) is 9.80 Å². The molecule has 1 aromatic carbocycles. The maximum absolute atomic E-state index is 12.5. The first-order valence-electron chi connectivity index (χ1n) is 10.2. The molecule has 4 rings (SSSR count). The first-order valence-corrected chi connectivity index (χ1v) is 10.2. The lowest BCUT2D eigenvalue weighted by atomic mass is 9.85. The van der Waals surface area contributed by atoms with Crippen LogP contribution in [0.4, 0.5) is 0 Å². The fourth-order valence-electron chi connectivity index (χ4n) is 3.96. The highest BCUT2D eigenvalue weighted by Gasteiger charge is 2.46. The highest BCUT2D eigenvalue weighted by atomic mass is 16.5. The van der Waals surface area contributed by atoms with Gasteiger partial charge in [0, 0.05) is 25.6 Å². The minimum atomic E-state index is -0.278. The highest BCUT2D eigenvalue weighted by molar-refractivity contribution is 6.05. The number of hydrogen-bond acceptors (Lipinski definition) is 7. The first-order chi connectivity index (χ1) is 15.0. The molecule has 1 aromatic heterocycles. The fourth-order valence-corrected chi connectivity index (χ4v) is 3.96. The monoisotopic (exact) mass is 424 g/mol. The van der Waals surface area contributed by atoms with E-state index >= 15 is 0 Å². The Labute approximate surface area is 179 Å². The largest absolute Gasteiger partial charge is 0.497 e. The molecule has 31 heavy (non-hydrogen) atoms. The van der Waals surface area contributed by atoms with E-state index in [1.54, 1.807) is 26.3 Å². The van der Waals surface area contributed by atoms with Crippen LogP contribution in [0.3, 0.4) is 0 Å². The third-order valence-electron chi connectivity index (χ3n) is 5.76. The van der Waals surface area contributed by atoms with Crippen LogP contribution in [0, 0.1) is 11.8 Å². The Balaban J connectivity index is 1.31. The molecule has 1 aliphatic heterocycles. The molecule has 1 fully saturated rings. The van der Waals surface area contributed by atoms with Crippen LogP contribution in [0.5, 0.6) is 5.75 Å². The minimum absolute atomic E-state index is 0.0559. The zero-order valence-electron chi connectivity index (χ0n) is 17.5. The number of hydrogen-bond donors (Lipinski definition) is 0. The number of ether oxygens (including phenoxy) is 1. The number of fused-ring (bicyclic) bond motifs is 1. The van der Waals surface area contributed by atoms with Gasteiger partial charge in [0.25, 0.3) is 0 Å². The van der Waals surface area contributed by atoms with Crippen molar-refractivity contribution in [2.24, 2.45) is 11.8 Å². The van der Waals surface area contributed by atoms with Gasteiger partial charge < -0.3 is 14.2 Å². The molecule has 2 heterocycles. The van der Waals surface area contributed by atoms with Crippen molar-refractivity contribution in [3.8, 4) is 17.1 Å². The number of imide groups is 1. The van der Waals surface area contributed by atoms with Crippen LogP contribution in [-0.2, 0) is 20.9 Å². The van der Waals surface area contributed by atoms with Crippen molar-refractivity contribution >= 4 is 17.7 Å². The summed E-state index contributed by atoms with van der Waals surface area (Å²) in [6.07, 6.45) is 5.12. The summed E-state index contributed by atoms with van der Waals surface area (Å²) in [5, 5.41) is 3.96. The minimum Gasteiger partial charge on any atom is -0.497 e. The van der Waals surface area contributed by atoms with Gasteiger partial charge in [-0.05, 0) is 37.1 Å². The second-order valence-electron chi connectivity index (χ2n) is 7.72. The molecule has 1 saturated heterocycles. The average molecular weight is 424 g/mol. The van der Waals surface area contributed by atoms with E-state index < -0.39 is 0 Å². The molecule has 0 spiro atoms. The lowest BCUT2D eigenvalue weighted by molar-refractivity contribution is -0.140. The molecular weight excluding hydrogens is 400 g/mol. The Morgan fingerprint density at radius 2 is 1.81 bits per heavy atom. The van der Waals surface area contributed by atoms with Crippen molar-refractivity contribution in [2.75, 3.05) is 20.7 Å². The molecule has 9 heteroatoms. The Hall–Kier alpha value is -3.49. The summed E-state index contributed by atoms with van der Waals surface area (Å²) in [6, 6.07) is 7.24. The second kappa shape index (κ2) is 8.71. The van der Waals surface area contributed by atoms with E-state index in [-0.39, 0.29) is 49.1 Å². The predicted molar refractivity (Wildman–Crippen MR) is 109 cm³/mol. The quantitative estimate of drug-likeness (QED) is 0.495. The van der Waals surface area contributed by atoms with Gasteiger partial charge in [-0.1, -0.05) is 17.3 Å². The maximum Gasteiger partial charge on any atom is 0.246 e. The zero-order chi connectivity index (χ0) is 22.0. The van der Waals surface area contributed by atoms with Gasteiger partial charge in [-0.2, -0.15) is 4.98 Å². The molecular formula is C22H24N4O5. The SMILES string of the molecule is COc1ccc(-c2noc(CN(C)C(=O)CCN3C(=O)[C@H]4CC=CC[C@H]4C3=O)n2)cc1. The standard InChI is InChI=1S/C22H24N4O5/c1-25(13-18-23-20(24-31-18)14-7-9-15(30-2)10-8-14)19(27)11-12-26-21(28)16-5-3-4-6-17(16)22(26)29/h3-4,7-10,16-17H,5-6,11-13H2,1-2H3/t16-,17+. The maximum atomic E-state index is 12.5. The summed E-state index contributed by atoms with van der Waals surface area (Å²) in [7, 11) is 3.21. The van der Waals surface area contributed by atoms with Gasteiger partial charge >= 0.3 is 0 Å². The summed E-state index contributed by atoms with van der Waals surface area (Å²) in [5.41, 5.74) is 0.770. The van der Waals surface area contributed by atoms with Crippen molar-refractivity contribution in [1.82, 2.24) is 19.9 Å². The Morgan fingerprint density at radius 3 is 2.42 bits per heavy atom. The lowest BCUT2D eigenvalue weighted by Crippen LogP contribution is -2.36. The summed E-state index contributed by atoms with van der Waals surface area (Å²) in [6.45, 7) is 0.230. The van der Waals surface area contributed by atoms with Gasteiger partial charge in [0.1, 0.15) is 5.75 Å². The number of nitrogens with zero attached hydrogens (tertiary/aromatic N) is 4. The number of amides is 3. The van der Waals surface area contributed by atoms with E-state index in [0.29, 0.717) is 24.6 Å². The predicted octanol–water partition coefficient (Wildman–Crippen LogP) is 2.04. The van der Waals surface area contributed by atoms with Crippen LogP contribution in [0.25, 0.3) is 11.4 Å². The van der Waals surface area contributed by atoms with Crippen molar-refractivity contribution in [2.45, 2.75) is 25.8 Å². The molecule has 2 atom stereocenters. The first kappa shape index (κ1) is 20.8. The van der Waals surface area contributed by atoms with E-state index in [2.05, 4.69) is 10.1 Å². The molecule has 162 valence electrons. The Kier molecular flexibility index (Phi) is 5.83. The molecule has 0 N–H and O–H groups in total. The molecule has 1 aliphatic carbocycles. The Bertz CT molecular complexity index is 987. The van der Waals surface area contributed by atoms with E-state index in [4.69, 9.17) is 9.26 Å². The molecule has 2 aliphatic rings. The number of carbonyl (C=O) groups excluding carboxylic acids is 3. The Morgan fingerprint density at radius 1 is 1.16 bits per heavy atom. The van der Waals surface area contributed by atoms with Crippen LogP contribution < -0.4 is 4.74 Å². The number of carbonyl (C=O) groups is 3. The van der Waals surface area contributed by atoms with Crippen LogP contribution in [0.15, 0.2) is 40.9 Å². The number of benzene rings is 1. The lowest BCUT2D eigenvalue weighted by Gasteiger charge is -2.18. The van der Waals surface area contributed by atoms with Crippen LogP contribution >= 0.6 is 0 Å². The number of allylic oxidation sites excluding steroid dienone is 2. The van der Waals surface area contributed by atoms with Gasteiger partial charge in [0.15, 0.2) is 0 Å². The van der Waals surface area contributed by atoms with Crippen molar-refractivity contribution in [1.29, 1.82) is 0 Å². The van der Waals surface area contributed by atoms with Crippen LogP contribution in [0.1, 0.15) is 25.2 Å². The fraction of sp³-hybridized carbons (Fsp3) is 0.409. The highest BCUT2D eigenvalue weighted by Crippen LogP contribution is 2.35. The van der Waals surface area contributed by atoms with Gasteiger partial charge in [-0.3, -0.25) is 19.3 Å². The van der Waals surface area contributed by atoms with E-state index in [0.717, 1.165) is 11.3 Å². The van der Waals surface area contributed by atoms with Crippen LogP contribution in [-0.4, -0.2) is 58.4 Å². The molecule has 0 bridgehead atoms. The van der Waals surface area contributed by atoms with Crippen molar-refractivity contribution in [3.63, 3.8) is 0 Å². The van der Waals surface area contributed by atoms with Gasteiger partial charge in [0.05, 0.1) is 25.5 Å². The van der Waals surface area contributed by atoms with Crippen molar-refractivity contribution < 1.29 is 23.6 Å². The summed E-state index contributed by atoms with van der Waals surface area (Å²) in [5.74, 6) is 0.336. The normalized spacial score (nSPS) is 20.1. The second-order valence-corrected chi connectivity index (χ2v) is 7.72.